The van der Waals surface area contributed by atoms with Crippen molar-refractivity contribution in [2.45, 2.75) is 50.6 Å². The quantitative estimate of drug-likeness (QED) is 0.889. The highest BCUT2D eigenvalue weighted by Crippen LogP contribution is 2.38. The number of hydrogen-bond acceptors (Lipinski definition) is 2. The van der Waals surface area contributed by atoms with Crippen molar-refractivity contribution in [1.29, 1.82) is 0 Å². The predicted molar refractivity (Wildman–Crippen MR) is 80.4 cm³/mol. The Morgan fingerprint density at radius 2 is 1.95 bits per heavy atom. The van der Waals surface area contributed by atoms with E-state index in [2.05, 4.69) is 17.1 Å². The topological polar surface area (TPSA) is 15.3 Å². The maximum Gasteiger partial charge on any atom is 0.126 e. The summed E-state index contributed by atoms with van der Waals surface area (Å²) >= 11 is 0. The van der Waals surface area contributed by atoms with Crippen LogP contribution in [0.2, 0.25) is 0 Å². The number of rotatable bonds is 5. The SMILES string of the molecule is CC(CN1CCCC1)NC1CC(c2ccccc2F)C1. The Hall–Kier alpha value is -0.930. The second-order valence-electron chi connectivity index (χ2n) is 6.46. The fourth-order valence-corrected chi connectivity index (χ4v) is 3.62. The lowest BCUT2D eigenvalue weighted by atomic mass is 9.75. The van der Waals surface area contributed by atoms with Gasteiger partial charge in [-0.1, -0.05) is 18.2 Å². The zero-order valence-corrected chi connectivity index (χ0v) is 12.3. The second-order valence-corrected chi connectivity index (χ2v) is 6.46. The lowest BCUT2D eigenvalue weighted by Gasteiger charge is -2.39. The van der Waals surface area contributed by atoms with Crippen molar-refractivity contribution in [1.82, 2.24) is 10.2 Å². The number of nitrogens with one attached hydrogen (secondary N) is 1. The summed E-state index contributed by atoms with van der Waals surface area (Å²) in [4.78, 5) is 2.55. The van der Waals surface area contributed by atoms with Gasteiger partial charge >= 0.3 is 0 Å². The smallest absolute Gasteiger partial charge is 0.126 e. The first-order valence-corrected chi connectivity index (χ1v) is 7.95. The highest BCUT2D eigenvalue weighted by atomic mass is 19.1. The summed E-state index contributed by atoms with van der Waals surface area (Å²) in [5.74, 6) is 0.369. The zero-order chi connectivity index (χ0) is 13.9. The number of hydrogen-bond donors (Lipinski definition) is 1. The summed E-state index contributed by atoms with van der Waals surface area (Å²) in [6, 6.07) is 8.33. The molecule has 1 saturated carbocycles. The van der Waals surface area contributed by atoms with Crippen LogP contribution >= 0.6 is 0 Å². The first-order chi connectivity index (χ1) is 9.72. The molecule has 1 N–H and O–H groups in total. The fourth-order valence-electron chi connectivity index (χ4n) is 3.62. The maximum absolute atomic E-state index is 13.7. The fraction of sp³-hybridized carbons (Fsp3) is 0.647. The minimum atomic E-state index is -0.0407. The van der Waals surface area contributed by atoms with E-state index in [1.165, 1.54) is 25.9 Å². The average Bonchev–Trinajstić information content (AvgIpc) is 2.87. The van der Waals surface area contributed by atoms with Gasteiger partial charge < -0.3 is 10.2 Å². The molecule has 1 aliphatic heterocycles. The molecule has 110 valence electrons. The van der Waals surface area contributed by atoms with Gasteiger partial charge in [0, 0.05) is 18.6 Å². The molecule has 0 amide bonds. The van der Waals surface area contributed by atoms with Gasteiger partial charge in [-0.2, -0.15) is 0 Å². The van der Waals surface area contributed by atoms with Gasteiger partial charge in [-0.15, -0.1) is 0 Å². The van der Waals surface area contributed by atoms with Gasteiger partial charge in [-0.3, -0.25) is 0 Å². The molecule has 1 heterocycles. The van der Waals surface area contributed by atoms with Crippen LogP contribution in [-0.4, -0.2) is 36.6 Å². The first-order valence-electron chi connectivity index (χ1n) is 7.95. The van der Waals surface area contributed by atoms with Crippen LogP contribution in [0.25, 0.3) is 0 Å². The Morgan fingerprint density at radius 3 is 2.65 bits per heavy atom. The third kappa shape index (κ3) is 3.21. The van der Waals surface area contributed by atoms with Crippen LogP contribution in [-0.2, 0) is 0 Å². The molecular weight excluding hydrogens is 251 g/mol. The van der Waals surface area contributed by atoms with Crippen LogP contribution in [0.3, 0.4) is 0 Å². The molecule has 3 heteroatoms. The van der Waals surface area contributed by atoms with Crippen molar-refractivity contribution in [2.24, 2.45) is 0 Å². The molecule has 2 nitrogen and oxygen atoms in total. The molecule has 2 fully saturated rings. The summed E-state index contributed by atoms with van der Waals surface area (Å²) in [6.45, 7) is 5.94. The molecule has 0 spiro atoms. The summed E-state index contributed by atoms with van der Waals surface area (Å²) in [7, 11) is 0. The monoisotopic (exact) mass is 276 g/mol. The largest absolute Gasteiger partial charge is 0.310 e. The summed E-state index contributed by atoms with van der Waals surface area (Å²) in [5, 5.41) is 3.70. The van der Waals surface area contributed by atoms with Crippen LogP contribution < -0.4 is 5.32 Å². The van der Waals surface area contributed by atoms with Crippen LogP contribution in [0.5, 0.6) is 0 Å². The van der Waals surface area contributed by atoms with E-state index in [-0.39, 0.29) is 5.82 Å². The molecule has 1 unspecified atom stereocenters. The zero-order valence-electron chi connectivity index (χ0n) is 12.3. The molecule has 3 rings (SSSR count). The van der Waals surface area contributed by atoms with Gasteiger partial charge in [0.25, 0.3) is 0 Å². The van der Waals surface area contributed by atoms with Crippen molar-refractivity contribution >= 4 is 0 Å². The molecule has 0 radical (unpaired) electrons. The number of likely N-dealkylation sites (tertiary alicyclic amines) is 1. The van der Waals surface area contributed by atoms with Crippen molar-refractivity contribution in [3.8, 4) is 0 Å². The molecule has 0 bridgehead atoms. The van der Waals surface area contributed by atoms with Crippen molar-refractivity contribution in [2.75, 3.05) is 19.6 Å². The molecule has 20 heavy (non-hydrogen) atoms. The van der Waals surface area contributed by atoms with Crippen LogP contribution in [0.4, 0.5) is 4.39 Å². The third-order valence-electron chi connectivity index (χ3n) is 4.73. The summed E-state index contributed by atoms with van der Waals surface area (Å²) in [6.07, 6.45) is 4.85. The molecule has 1 aromatic rings. The van der Waals surface area contributed by atoms with Crippen molar-refractivity contribution in [3.63, 3.8) is 0 Å². The standard InChI is InChI=1S/C17H25FN2/c1-13(12-20-8-4-5-9-20)19-15-10-14(11-15)16-6-2-3-7-17(16)18/h2-3,6-7,13-15,19H,4-5,8-12H2,1H3. The van der Waals surface area contributed by atoms with Crippen LogP contribution in [0.15, 0.2) is 24.3 Å². The van der Waals surface area contributed by atoms with Gasteiger partial charge in [0.2, 0.25) is 0 Å². The van der Waals surface area contributed by atoms with E-state index >= 15 is 0 Å². The average molecular weight is 276 g/mol. The predicted octanol–water partition coefficient (Wildman–Crippen LogP) is 3.15. The Labute approximate surface area is 121 Å². The molecular formula is C17H25FN2. The first kappa shape index (κ1) is 14.0. The molecule has 0 aromatic heterocycles. The van der Waals surface area contributed by atoms with Gasteiger partial charge in [0.15, 0.2) is 0 Å². The van der Waals surface area contributed by atoms with E-state index in [0.717, 1.165) is 24.9 Å². The second kappa shape index (κ2) is 6.23. The lowest BCUT2D eigenvalue weighted by Crippen LogP contribution is -2.48. The summed E-state index contributed by atoms with van der Waals surface area (Å²) < 4.78 is 13.7. The molecule has 1 saturated heterocycles. The van der Waals surface area contributed by atoms with E-state index in [0.29, 0.717) is 18.0 Å². The van der Waals surface area contributed by atoms with Gasteiger partial charge in [0.1, 0.15) is 5.82 Å². The highest BCUT2D eigenvalue weighted by Gasteiger charge is 2.32. The number of benzene rings is 1. The Morgan fingerprint density at radius 1 is 1.25 bits per heavy atom. The van der Waals surface area contributed by atoms with Crippen molar-refractivity contribution in [3.05, 3.63) is 35.6 Å². The van der Waals surface area contributed by atoms with Gasteiger partial charge in [-0.05, 0) is 63.2 Å². The molecule has 1 atom stereocenters. The Balaban J connectivity index is 1.42. The van der Waals surface area contributed by atoms with E-state index in [4.69, 9.17) is 0 Å². The maximum atomic E-state index is 13.7. The molecule has 1 aliphatic carbocycles. The van der Waals surface area contributed by atoms with E-state index in [1.54, 1.807) is 12.1 Å². The minimum Gasteiger partial charge on any atom is -0.310 e. The molecule has 2 aliphatic rings. The van der Waals surface area contributed by atoms with Crippen LogP contribution in [0.1, 0.15) is 44.1 Å². The number of halogens is 1. The van der Waals surface area contributed by atoms with Crippen molar-refractivity contribution < 1.29 is 4.39 Å². The van der Waals surface area contributed by atoms with E-state index < -0.39 is 0 Å². The van der Waals surface area contributed by atoms with E-state index in [9.17, 15) is 4.39 Å². The Kier molecular flexibility index (Phi) is 4.37. The van der Waals surface area contributed by atoms with E-state index in [1.807, 2.05) is 12.1 Å². The third-order valence-corrected chi connectivity index (χ3v) is 4.73. The lowest BCUT2D eigenvalue weighted by molar-refractivity contribution is 0.229. The normalized spacial score (nSPS) is 28.3. The highest BCUT2D eigenvalue weighted by molar-refractivity contribution is 5.24. The molecule has 1 aromatic carbocycles. The Bertz CT molecular complexity index is 436. The van der Waals surface area contributed by atoms with Gasteiger partial charge in [0.05, 0.1) is 0 Å². The summed E-state index contributed by atoms with van der Waals surface area (Å²) in [5.41, 5.74) is 0.901. The van der Waals surface area contributed by atoms with Crippen LogP contribution in [0, 0.1) is 5.82 Å². The van der Waals surface area contributed by atoms with Gasteiger partial charge in [-0.25, -0.2) is 4.39 Å². The minimum absolute atomic E-state index is 0.0407. The number of nitrogens with zero attached hydrogens (tertiary/aromatic N) is 1.